The Morgan fingerprint density at radius 2 is 1.83 bits per heavy atom. The zero-order chi connectivity index (χ0) is 25.6. The number of hydrogen-bond donors (Lipinski definition) is 3. The van der Waals surface area contributed by atoms with Crippen molar-refractivity contribution < 1.29 is 15.0 Å². The van der Waals surface area contributed by atoms with E-state index in [4.69, 9.17) is 5.73 Å². The largest absolute Gasteiger partial charge is 0.389 e. The highest BCUT2D eigenvalue weighted by molar-refractivity contribution is 5.73. The predicted octanol–water partition coefficient (Wildman–Crippen LogP) is 0.842. The number of carbonyl (C=O) groups is 1. The fourth-order valence-corrected chi connectivity index (χ4v) is 6.61. The number of β-amino-alcohol motifs (C(OH)–C–C–N with tert-alkyl or cyclic N) is 1. The van der Waals surface area contributed by atoms with Gasteiger partial charge in [0.25, 0.3) is 0 Å². The number of benzene rings is 1. The standard InChI is InChI=1S/C26H39N7O3/c1-30(2)26(20-7-4-3-5-8-20)13-11-24(12-14-26)18-31(15-21-16-32(29-28-21)17-22(27)34)23(35)33(24)19-25(36)9-6-10-25/h3-5,7-8,16,23,35-36H,6,9-15,17-19H2,1-2H3,(H2,27,34)/t23?,24-,26+. The Hall–Kier alpha value is -2.37. The monoisotopic (exact) mass is 497 g/mol. The minimum Gasteiger partial charge on any atom is -0.389 e. The summed E-state index contributed by atoms with van der Waals surface area (Å²) in [7, 11) is 4.32. The summed E-state index contributed by atoms with van der Waals surface area (Å²) in [5.41, 5.74) is 6.27. The molecule has 1 aliphatic heterocycles. The van der Waals surface area contributed by atoms with Crippen molar-refractivity contribution in [1.82, 2.24) is 29.7 Å². The molecule has 0 bridgehead atoms. The molecule has 196 valence electrons. The fourth-order valence-electron chi connectivity index (χ4n) is 6.61. The Morgan fingerprint density at radius 3 is 2.42 bits per heavy atom. The van der Waals surface area contributed by atoms with Crippen LogP contribution in [0.15, 0.2) is 36.5 Å². The van der Waals surface area contributed by atoms with Crippen LogP contribution in [0.1, 0.15) is 56.2 Å². The van der Waals surface area contributed by atoms with Crippen LogP contribution in [0, 0.1) is 0 Å². The van der Waals surface area contributed by atoms with E-state index < -0.39 is 17.9 Å². The first-order chi connectivity index (χ1) is 17.1. The van der Waals surface area contributed by atoms with Crippen molar-refractivity contribution in [1.29, 1.82) is 0 Å². The van der Waals surface area contributed by atoms with E-state index in [0.717, 1.165) is 44.9 Å². The van der Waals surface area contributed by atoms with Gasteiger partial charge in [0.2, 0.25) is 5.91 Å². The summed E-state index contributed by atoms with van der Waals surface area (Å²) >= 11 is 0. The van der Waals surface area contributed by atoms with Crippen molar-refractivity contribution in [2.75, 3.05) is 27.2 Å². The maximum atomic E-state index is 11.5. The Balaban J connectivity index is 1.38. The molecule has 4 N–H and O–H groups in total. The highest BCUT2D eigenvalue weighted by atomic mass is 16.3. The first-order valence-electron chi connectivity index (χ1n) is 13.0. The molecule has 5 rings (SSSR count). The first-order valence-corrected chi connectivity index (χ1v) is 13.0. The number of carbonyl (C=O) groups excluding carboxylic acids is 1. The third kappa shape index (κ3) is 4.56. The smallest absolute Gasteiger partial charge is 0.239 e. The van der Waals surface area contributed by atoms with Crippen LogP contribution in [0.5, 0.6) is 0 Å². The molecule has 1 saturated heterocycles. The number of amides is 1. The second-order valence-corrected chi connectivity index (χ2v) is 11.3. The van der Waals surface area contributed by atoms with Crippen molar-refractivity contribution in [3.05, 3.63) is 47.8 Å². The molecule has 1 atom stereocenters. The summed E-state index contributed by atoms with van der Waals surface area (Å²) < 4.78 is 1.43. The molecule has 1 spiro atoms. The molecule has 10 heteroatoms. The van der Waals surface area contributed by atoms with Crippen molar-refractivity contribution in [2.45, 2.75) is 81.1 Å². The summed E-state index contributed by atoms with van der Waals surface area (Å²) in [5, 5.41) is 30.8. The topological polar surface area (TPSA) is 124 Å². The third-order valence-corrected chi connectivity index (χ3v) is 8.91. The van der Waals surface area contributed by atoms with Gasteiger partial charge in [-0.1, -0.05) is 35.5 Å². The summed E-state index contributed by atoms with van der Waals surface area (Å²) in [6, 6.07) is 10.7. The SMILES string of the molecule is CN(C)[C@]1(c2ccccc2)CC[C@]2(CC1)CN(Cc1cn(CC(N)=O)nn1)C(O)N2CC1(O)CCC1. The lowest BCUT2D eigenvalue weighted by Crippen LogP contribution is -2.60. The molecule has 3 fully saturated rings. The average molecular weight is 498 g/mol. The van der Waals surface area contributed by atoms with Crippen LogP contribution in [0.3, 0.4) is 0 Å². The molecule has 3 aliphatic rings. The van der Waals surface area contributed by atoms with Crippen LogP contribution in [0.2, 0.25) is 0 Å². The molecule has 2 aromatic rings. The summed E-state index contributed by atoms with van der Waals surface area (Å²) in [5.74, 6) is -0.475. The zero-order valence-electron chi connectivity index (χ0n) is 21.4. The predicted molar refractivity (Wildman–Crippen MR) is 134 cm³/mol. The van der Waals surface area contributed by atoms with Gasteiger partial charge < -0.3 is 15.9 Å². The van der Waals surface area contributed by atoms with Crippen LogP contribution < -0.4 is 5.73 Å². The van der Waals surface area contributed by atoms with Crippen molar-refractivity contribution >= 4 is 5.91 Å². The van der Waals surface area contributed by atoms with E-state index in [0.29, 0.717) is 25.3 Å². The quantitative estimate of drug-likeness (QED) is 0.490. The number of aromatic nitrogens is 3. The van der Waals surface area contributed by atoms with Crippen LogP contribution in [-0.2, 0) is 23.4 Å². The van der Waals surface area contributed by atoms with Gasteiger partial charge in [-0.2, -0.15) is 0 Å². The molecule has 1 unspecified atom stereocenters. The highest BCUT2D eigenvalue weighted by Gasteiger charge is 2.56. The van der Waals surface area contributed by atoms with Gasteiger partial charge >= 0.3 is 0 Å². The zero-order valence-corrected chi connectivity index (χ0v) is 21.4. The van der Waals surface area contributed by atoms with E-state index in [1.54, 1.807) is 6.20 Å². The molecule has 1 aromatic carbocycles. The van der Waals surface area contributed by atoms with Crippen LogP contribution >= 0.6 is 0 Å². The lowest BCUT2D eigenvalue weighted by Gasteiger charge is -2.53. The van der Waals surface area contributed by atoms with Crippen molar-refractivity contribution in [3.63, 3.8) is 0 Å². The van der Waals surface area contributed by atoms with Gasteiger partial charge in [-0.15, -0.1) is 5.10 Å². The van der Waals surface area contributed by atoms with Crippen LogP contribution in [0.4, 0.5) is 0 Å². The van der Waals surface area contributed by atoms with E-state index in [2.05, 4.69) is 64.5 Å². The number of hydrogen-bond acceptors (Lipinski definition) is 8. The van der Waals surface area contributed by atoms with Crippen LogP contribution in [-0.4, -0.2) is 90.5 Å². The summed E-state index contributed by atoms with van der Waals surface area (Å²) in [6.45, 7) is 1.55. The van der Waals surface area contributed by atoms with Gasteiger partial charge in [-0.25, -0.2) is 4.68 Å². The number of primary amides is 1. The molecule has 1 amide bonds. The molecule has 2 saturated carbocycles. The number of nitrogens with zero attached hydrogens (tertiary/aromatic N) is 6. The molecule has 2 aliphatic carbocycles. The van der Waals surface area contributed by atoms with E-state index in [1.165, 1.54) is 10.2 Å². The Bertz CT molecular complexity index is 1060. The van der Waals surface area contributed by atoms with Crippen molar-refractivity contribution in [2.24, 2.45) is 5.73 Å². The van der Waals surface area contributed by atoms with E-state index in [-0.39, 0.29) is 17.6 Å². The molecular weight excluding hydrogens is 458 g/mol. The lowest BCUT2D eigenvalue weighted by molar-refractivity contribution is -0.145. The van der Waals surface area contributed by atoms with Crippen LogP contribution in [0.25, 0.3) is 0 Å². The maximum Gasteiger partial charge on any atom is 0.239 e. The van der Waals surface area contributed by atoms with Gasteiger partial charge in [-0.3, -0.25) is 19.5 Å². The second-order valence-electron chi connectivity index (χ2n) is 11.3. The van der Waals surface area contributed by atoms with Crippen molar-refractivity contribution in [3.8, 4) is 0 Å². The Labute approximate surface area is 212 Å². The molecule has 1 aromatic heterocycles. The van der Waals surface area contributed by atoms with Gasteiger partial charge in [0.05, 0.1) is 17.5 Å². The number of aliphatic hydroxyl groups is 2. The molecule has 2 heterocycles. The highest BCUT2D eigenvalue weighted by Crippen LogP contribution is 2.50. The van der Waals surface area contributed by atoms with Gasteiger partial charge in [0.15, 0.2) is 6.35 Å². The molecule has 0 radical (unpaired) electrons. The fraction of sp³-hybridized carbons (Fsp3) is 0.654. The van der Waals surface area contributed by atoms with E-state index in [1.807, 2.05) is 4.90 Å². The number of nitrogens with two attached hydrogens (primary N) is 1. The first kappa shape index (κ1) is 25.3. The number of rotatable bonds is 8. The lowest BCUT2D eigenvalue weighted by atomic mass is 9.67. The average Bonchev–Trinajstić information content (AvgIpc) is 3.36. The summed E-state index contributed by atoms with van der Waals surface area (Å²) in [6.07, 6.45) is 7.23. The van der Waals surface area contributed by atoms with Gasteiger partial charge in [0.1, 0.15) is 6.54 Å². The number of aliphatic hydroxyl groups excluding tert-OH is 1. The molecule has 10 nitrogen and oxygen atoms in total. The third-order valence-electron chi connectivity index (χ3n) is 8.91. The Kier molecular flexibility index (Phi) is 6.67. The second kappa shape index (κ2) is 9.50. The molecular formula is C26H39N7O3. The molecule has 36 heavy (non-hydrogen) atoms. The van der Waals surface area contributed by atoms with E-state index >= 15 is 0 Å². The normalized spacial score (nSPS) is 30.6. The van der Waals surface area contributed by atoms with Gasteiger partial charge in [-0.05, 0) is 64.6 Å². The maximum absolute atomic E-state index is 11.5. The summed E-state index contributed by atoms with van der Waals surface area (Å²) in [4.78, 5) is 17.8. The minimum absolute atomic E-state index is 0.0231. The van der Waals surface area contributed by atoms with Gasteiger partial charge in [0, 0.05) is 30.7 Å². The van der Waals surface area contributed by atoms with E-state index in [9.17, 15) is 15.0 Å². The Morgan fingerprint density at radius 1 is 1.14 bits per heavy atom. The minimum atomic E-state index is -0.820.